The first-order chi connectivity index (χ1) is 15.4. The molecule has 0 unspecified atom stereocenters. The number of hydrogen-bond donors (Lipinski definition) is 3. The van der Waals surface area contributed by atoms with E-state index >= 15 is 0 Å². The number of amides is 3. The summed E-state index contributed by atoms with van der Waals surface area (Å²) >= 11 is 3.30. The molecule has 0 fully saturated rings. The highest BCUT2D eigenvalue weighted by molar-refractivity contribution is 9.10. The Morgan fingerprint density at radius 2 is 1.72 bits per heavy atom. The third kappa shape index (κ3) is 4.89. The van der Waals surface area contributed by atoms with Crippen LogP contribution < -0.4 is 16.2 Å². The van der Waals surface area contributed by atoms with Crippen LogP contribution in [0.5, 0.6) is 0 Å². The third-order valence-electron chi connectivity index (χ3n) is 4.75. The number of carbonyl (C=O) groups is 3. The largest absolute Gasteiger partial charge is 0.451 e. The first-order valence-electron chi connectivity index (χ1n) is 9.69. The Labute approximate surface area is 191 Å². The minimum atomic E-state index is -0.421. The predicted octanol–water partition coefficient (Wildman–Crippen LogP) is 3.79. The molecule has 162 valence electrons. The molecule has 0 aliphatic rings. The van der Waals surface area contributed by atoms with Crippen LogP contribution >= 0.6 is 15.9 Å². The second kappa shape index (κ2) is 9.11. The molecule has 8 nitrogen and oxygen atoms in total. The van der Waals surface area contributed by atoms with Crippen molar-refractivity contribution in [3.63, 3.8) is 0 Å². The number of nitrogens with one attached hydrogen (secondary N) is 3. The number of hydrogen-bond acceptors (Lipinski definition) is 4. The molecule has 3 amide bonds. The summed E-state index contributed by atoms with van der Waals surface area (Å²) in [6.07, 6.45) is 1.81. The summed E-state index contributed by atoms with van der Waals surface area (Å²) in [6.45, 7) is 0. The van der Waals surface area contributed by atoms with Crippen LogP contribution in [-0.2, 0) is 18.3 Å². The van der Waals surface area contributed by atoms with Crippen LogP contribution in [0.1, 0.15) is 26.6 Å². The lowest BCUT2D eigenvalue weighted by Gasteiger charge is -2.09. The molecule has 0 saturated carbocycles. The zero-order chi connectivity index (χ0) is 22.7. The lowest BCUT2D eigenvalue weighted by Crippen LogP contribution is -2.42. The Balaban J connectivity index is 1.30. The Kier molecular flexibility index (Phi) is 6.09. The highest BCUT2D eigenvalue weighted by Crippen LogP contribution is 2.20. The number of fused-ring (bicyclic) bond motifs is 1. The van der Waals surface area contributed by atoms with Gasteiger partial charge in [-0.3, -0.25) is 25.2 Å². The van der Waals surface area contributed by atoms with Crippen molar-refractivity contribution in [1.82, 2.24) is 15.4 Å². The highest BCUT2D eigenvalue weighted by Gasteiger charge is 2.14. The van der Waals surface area contributed by atoms with E-state index in [0.29, 0.717) is 17.0 Å². The highest BCUT2D eigenvalue weighted by atomic mass is 79.9. The average molecular weight is 495 g/mol. The van der Waals surface area contributed by atoms with Crippen molar-refractivity contribution in [2.24, 2.45) is 7.05 Å². The van der Waals surface area contributed by atoms with Gasteiger partial charge in [0.05, 0.1) is 6.42 Å². The van der Waals surface area contributed by atoms with E-state index < -0.39 is 5.91 Å². The molecule has 4 aromatic rings. The molecule has 32 heavy (non-hydrogen) atoms. The van der Waals surface area contributed by atoms with Gasteiger partial charge in [0.25, 0.3) is 11.8 Å². The minimum absolute atomic E-state index is 0.0644. The predicted molar refractivity (Wildman–Crippen MR) is 123 cm³/mol. The van der Waals surface area contributed by atoms with Gasteiger partial charge in [-0.05, 0) is 51.8 Å². The molecule has 0 bridgehead atoms. The van der Waals surface area contributed by atoms with Gasteiger partial charge in [-0.1, -0.05) is 30.3 Å². The summed E-state index contributed by atoms with van der Waals surface area (Å²) in [5.74, 6) is -0.932. The molecular formula is C23H19BrN4O4. The summed E-state index contributed by atoms with van der Waals surface area (Å²) in [5.41, 5.74) is 7.13. The van der Waals surface area contributed by atoms with Gasteiger partial charge in [0.2, 0.25) is 5.91 Å². The van der Waals surface area contributed by atoms with E-state index in [0.717, 1.165) is 15.4 Å². The molecule has 2 aromatic carbocycles. The van der Waals surface area contributed by atoms with E-state index in [1.54, 1.807) is 60.3 Å². The van der Waals surface area contributed by atoms with Gasteiger partial charge < -0.3 is 14.3 Å². The lowest BCUT2D eigenvalue weighted by molar-refractivity contribution is -0.121. The minimum Gasteiger partial charge on any atom is -0.451 e. The zero-order valence-corrected chi connectivity index (χ0v) is 18.6. The number of halogens is 1. The molecule has 0 radical (unpaired) electrons. The van der Waals surface area contributed by atoms with E-state index in [1.807, 2.05) is 18.2 Å². The molecule has 4 rings (SSSR count). The maximum Gasteiger partial charge on any atom is 0.291 e. The van der Waals surface area contributed by atoms with Crippen molar-refractivity contribution < 1.29 is 18.8 Å². The zero-order valence-electron chi connectivity index (χ0n) is 17.0. The van der Waals surface area contributed by atoms with Crippen molar-refractivity contribution in [1.29, 1.82) is 0 Å². The van der Waals surface area contributed by atoms with E-state index in [-0.39, 0.29) is 24.0 Å². The number of anilines is 1. The SMILES string of the molecule is Cn1cc(Br)cc1C(=O)NNC(=O)Cc1ccc(NC(=O)c2cc3ccccc3o2)cc1. The fraction of sp³-hybridized carbons (Fsp3) is 0.0870. The number of aryl methyl sites for hydroxylation is 1. The second-order valence-electron chi connectivity index (χ2n) is 7.13. The van der Waals surface area contributed by atoms with Gasteiger partial charge in [-0.15, -0.1) is 0 Å². The van der Waals surface area contributed by atoms with Crippen LogP contribution in [0.15, 0.2) is 75.8 Å². The van der Waals surface area contributed by atoms with Crippen LogP contribution in [0.25, 0.3) is 11.0 Å². The van der Waals surface area contributed by atoms with Crippen molar-refractivity contribution in [2.45, 2.75) is 6.42 Å². The topological polar surface area (TPSA) is 105 Å². The monoisotopic (exact) mass is 494 g/mol. The number of hydrazine groups is 1. The van der Waals surface area contributed by atoms with Crippen molar-refractivity contribution in [3.8, 4) is 0 Å². The molecule has 0 saturated heterocycles. The normalized spacial score (nSPS) is 10.7. The van der Waals surface area contributed by atoms with Gasteiger partial charge in [-0.2, -0.15) is 0 Å². The van der Waals surface area contributed by atoms with Crippen LogP contribution in [0.3, 0.4) is 0 Å². The lowest BCUT2D eigenvalue weighted by atomic mass is 10.1. The quantitative estimate of drug-likeness (QED) is 0.367. The molecule has 2 heterocycles. The van der Waals surface area contributed by atoms with Crippen molar-refractivity contribution >= 4 is 50.3 Å². The first-order valence-corrected chi connectivity index (χ1v) is 10.5. The van der Waals surface area contributed by atoms with Crippen LogP contribution in [0.2, 0.25) is 0 Å². The third-order valence-corrected chi connectivity index (χ3v) is 5.18. The van der Waals surface area contributed by atoms with Crippen LogP contribution in [-0.4, -0.2) is 22.3 Å². The van der Waals surface area contributed by atoms with Crippen molar-refractivity contribution in [2.75, 3.05) is 5.32 Å². The first kappa shape index (κ1) is 21.4. The molecule has 0 aliphatic carbocycles. The Hall–Kier alpha value is -3.85. The number of benzene rings is 2. The summed E-state index contributed by atoms with van der Waals surface area (Å²) in [5, 5.41) is 3.62. The summed E-state index contributed by atoms with van der Waals surface area (Å²) in [7, 11) is 1.73. The summed E-state index contributed by atoms with van der Waals surface area (Å²) in [4.78, 5) is 36.7. The Morgan fingerprint density at radius 3 is 2.41 bits per heavy atom. The summed E-state index contributed by atoms with van der Waals surface area (Å²) < 4.78 is 7.97. The van der Waals surface area contributed by atoms with Gasteiger partial charge in [0.1, 0.15) is 11.3 Å². The van der Waals surface area contributed by atoms with Gasteiger partial charge in [0.15, 0.2) is 5.76 Å². The van der Waals surface area contributed by atoms with Crippen molar-refractivity contribution in [3.05, 3.63) is 88.4 Å². The molecular weight excluding hydrogens is 476 g/mol. The number of para-hydroxylation sites is 1. The number of furan rings is 1. The number of carbonyl (C=O) groups excluding carboxylic acids is 3. The molecule has 3 N–H and O–H groups in total. The molecule has 0 atom stereocenters. The van der Waals surface area contributed by atoms with Crippen LogP contribution in [0, 0.1) is 0 Å². The van der Waals surface area contributed by atoms with E-state index in [1.165, 1.54) is 0 Å². The van der Waals surface area contributed by atoms with Crippen LogP contribution in [0.4, 0.5) is 5.69 Å². The smallest absolute Gasteiger partial charge is 0.291 e. The molecule has 0 spiro atoms. The molecule has 9 heteroatoms. The number of aromatic nitrogens is 1. The molecule has 2 aromatic heterocycles. The van der Waals surface area contributed by atoms with E-state index in [2.05, 4.69) is 32.1 Å². The van der Waals surface area contributed by atoms with Gasteiger partial charge >= 0.3 is 0 Å². The second-order valence-corrected chi connectivity index (χ2v) is 8.05. The summed E-state index contributed by atoms with van der Waals surface area (Å²) in [6, 6.07) is 17.6. The number of nitrogens with zero attached hydrogens (tertiary/aromatic N) is 1. The number of rotatable bonds is 5. The Bertz CT molecular complexity index is 1270. The fourth-order valence-corrected chi connectivity index (χ4v) is 3.69. The van der Waals surface area contributed by atoms with E-state index in [4.69, 9.17) is 4.42 Å². The van der Waals surface area contributed by atoms with Gasteiger partial charge in [0, 0.05) is 28.8 Å². The Morgan fingerprint density at radius 1 is 0.969 bits per heavy atom. The van der Waals surface area contributed by atoms with Gasteiger partial charge in [-0.25, -0.2) is 0 Å². The fourth-order valence-electron chi connectivity index (χ4n) is 3.16. The maximum absolute atomic E-state index is 12.4. The molecule has 0 aliphatic heterocycles. The van der Waals surface area contributed by atoms with E-state index in [9.17, 15) is 14.4 Å². The standard InChI is InChI=1S/C23H19BrN4O4/c1-28-13-16(24)12-18(28)22(30)27-26-21(29)10-14-6-8-17(9-7-14)25-23(31)20-11-15-4-2-3-5-19(15)32-20/h2-9,11-13H,10H2,1H3,(H,25,31)(H,26,29)(H,27,30). The average Bonchev–Trinajstić information content (AvgIpc) is 3.36. The maximum atomic E-state index is 12.4.